The first kappa shape index (κ1) is 13.4. The first-order valence-corrected chi connectivity index (χ1v) is 6.89. The third-order valence-electron chi connectivity index (χ3n) is 3.43. The van der Waals surface area contributed by atoms with Crippen molar-refractivity contribution in [2.45, 2.75) is 58.7 Å². The van der Waals surface area contributed by atoms with Crippen molar-refractivity contribution in [3.63, 3.8) is 0 Å². The molecule has 1 N–H and O–H groups in total. The highest BCUT2D eigenvalue weighted by atomic mass is 16.5. The molecule has 0 radical (unpaired) electrons. The number of benzene rings is 1. The van der Waals surface area contributed by atoms with E-state index in [1.807, 2.05) is 12.1 Å². The van der Waals surface area contributed by atoms with Crippen LogP contribution in [0.15, 0.2) is 24.3 Å². The summed E-state index contributed by atoms with van der Waals surface area (Å²) in [6, 6.07) is 8.27. The van der Waals surface area contributed by atoms with Gasteiger partial charge in [0.25, 0.3) is 0 Å². The van der Waals surface area contributed by atoms with Crippen molar-refractivity contribution in [2.24, 2.45) is 5.41 Å². The van der Waals surface area contributed by atoms with Crippen LogP contribution in [0.2, 0.25) is 0 Å². The molecule has 0 amide bonds. The average Bonchev–Trinajstić information content (AvgIpc) is 3.09. The lowest BCUT2D eigenvalue weighted by Gasteiger charge is -2.25. The molecule has 1 aromatic rings. The molecule has 1 fully saturated rings. The number of aryl methyl sites for hydroxylation is 1. The van der Waals surface area contributed by atoms with Gasteiger partial charge < -0.3 is 9.84 Å². The number of hydrogen-bond donors (Lipinski definition) is 1. The molecule has 1 unspecified atom stereocenters. The minimum absolute atomic E-state index is 0.0396. The Balaban J connectivity index is 1.88. The second-order valence-electron chi connectivity index (χ2n) is 6.39. The van der Waals surface area contributed by atoms with Gasteiger partial charge in [0.2, 0.25) is 0 Å². The second-order valence-corrected chi connectivity index (χ2v) is 6.39. The van der Waals surface area contributed by atoms with Gasteiger partial charge in [-0.1, -0.05) is 32.9 Å². The predicted octanol–water partition coefficient (Wildman–Crippen LogP) is 3.57. The Hall–Kier alpha value is -1.02. The lowest BCUT2D eigenvalue weighted by molar-refractivity contribution is 0.0560. The second kappa shape index (κ2) is 5.31. The molecule has 0 bridgehead atoms. The van der Waals surface area contributed by atoms with Crippen LogP contribution >= 0.6 is 0 Å². The zero-order valence-electron chi connectivity index (χ0n) is 11.6. The van der Waals surface area contributed by atoms with Crippen molar-refractivity contribution < 1.29 is 9.84 Å². The molecule has 1 aromatic carbocycles. The molecule has 2 nitrogen and oxygen atoms in total. The normalized spacial score (nSPS) is 17.6. The Labute approximate surface area is 110 Å². The molecule has 18 heavy (non-hydrogen) atoms. The van der Waals surface area contributed by atoms with E-state index in [0.29, 0.717) is 6.10 Å². The molecule has 1 aliphatic carbocycles. The van der Waals surface area contributed by atoms with E-state index in [1.165, 1.54) is 18.4 Å². The Bertz CT molecular complexity index is 388. The molecule has 0 saturated heterocycles. The number of hydrogen-bond acceptors (Lipinski definition) is 2. The van der Waals surface area contributed by atoms with Gasteiger partial charge in [0.1, 0.15) is 5.75 Å². The van der Waals surface area contributed by atoms with Gasteiger partial charge in [-0.3, -0.25) is 0 Å². The van der Waals surface area contributed by atoms with Crippen molar-refractivity contribution in [3.05, 3.63) is 29.8 Å². The summed E-state index contributed by atoms with van der Waals surface area (Å²) >= 11 is 0. The van der Waals surface area contributed by atoms with Crippen molar-refractivity contribution >= 4 is 0 Å². The zero-order valence-corrected chi connectivity index (χ0v) is 11.6. The SMILES string of the molecule is CC(C)(C)C(O)CCc1cccc(OC2CC2)c1. The van der Waals surface area contributed by atoms with Gasteiger partial charge >= 0.3 is 0 Å². The van der Waals surface area contributed by atoms with Gasteiger partial charge in [0, 0.05) is 0 Å². The summed E-state index contributed by atoms with van der Waals surface area (Å²) < 4.78 is 5.78. The van der Waals surface area contributed by atoms with Gasteiger partial charge in [-0.05, 0) is 48.8 Å². The van der Waals surface area contributed by atoms with Crippen LogP contribution in [0.5, 0.6) is 5.75 Å². The minimum atomic E-state index is -0.259. The van der Waals surface area contributed by atoms with Crippen LogP contribution in [0.3, 0.4) is 0 Å². The van der Waals surface area contributed by atoms with Gasteiger partial charge in [-0.25, -0.2) is 0 Å². The molecule has 1 atom stereocenters. The topological polar surface area (TPSA) is 29.5 Å². The van der Waals surface area contributed by atoms with Crippen molar-refractivity contribution in [2.75, 3.05) is 0 Å². The highest BCUT2D eigenvalue weighted by Gasteiger charge is 2.24. The Kier molecular flexibility index (Phi) is 3.96. The van der Waals surface area contributed by atoms with E-state index in [2.05, 4.69) is 32.9 Å². The molecule has 100 valence electrons. The number of aliphatic hydroxyl groups excluding tert-OH is 1. The zero-order chi connectivity index (χ0) is 13.2. The highest BCUT2D eigenvalue weighted by molar-refractivity contribution is 5.29. The number of aliphatic hydroxyl groups is 1. The van der Waals surface area contributed by atoms with Crippen molar-refractivity contribution in [3.8, 4) is 5.75 Å². The summed E-state index contributed by atoms with van der Waals surface area (Å²) in [4.78, 5) is 0. The van der Waals surface area contributed by atoms with Gasteiger partial charge in [-0.2, -0.15) is 0 Å². The van der Waals surface area contributed by atoms with Crippen LogP contribution in [-0.4, -0.2) is 17.3 Å². The van der Waals surface area contributed by atoms with Gasteiger partial charge in [0.05, 0.1) is 12.2 Å². The molecule has 2 heteroatoms. The molecule has 0 aromatic heterocycles. The molecular weight excluding hydrogens is 224 g/mol. The number of ether oxygens (including phenoxy) is 1. The van der Waals surface area contributed by atoms with E-state index >= 15 is 0 Å². The third-order valence-corrected chi connectivity index (χ3v) is 3.43. The van der Waals surface area contributed by atoms with E-state index in [1.54, 1.807) is 0 Å². The molecular formula is C16H24O2. The standard InChI is InChI=1S/C16H24O2/c1-16(2,3)15(17)10-7-12-5-4-6-14(11-12)18-13-8-9-13/h4-6,11,13,15,17H,7-10H2,1-3H3. The van der Waals surface area contributed by atoms with Crippen molar-refractivity contribution in [1.29, 1.82) is 0 Å². The number of rotatable bonds is 5. The van der Waals surface area contributed by atoms with Gasteiger partial charge in [-0.15, -0.1) is 0 Å². The first-order chi connectivity index (χ1) is 8.45. The molecule has 0 aliphatic heterocycles. The average molecular weight is 248 g/mol. The summed E-state index contributed by atoms with van der Waals surface area (Å²) in [5.41, 5.74) is 1.21. The van der Waals surface area contributed by atoms with Crippen molar-refractivity contribution in [1.82, 2.24) is 0 Å². The Morgan fingerprint density at radius 2 is 2.06 bits per heavy atom. The summed E-state index contributed by atoms with van der Waals surface area (Å²) in [6.07, 6.45) is 4.27. The highest BCUT2D eigenvalue weighted by Crippen LogP contribution is 2.28. The summed E-state index contributed by atoms with van der Waals surface area (Å²) in [5, 5.41) is 10.0. The summed E-state index contributed by atoms with van der Waals surface area (Å²) in [7, 11) is 0. The summed E-state index contributed by atoms with van der Waals surface area (Å²) in [5.74, 6) is 0.972. The minimum Gasteiger partial charge on any atom is -0.490 e. The fourth-order valence-electron chi connectivity index (χ4n) is 1.89. The van der Waals surface area contributed by atoms with E-state index in [-0.39, 0.29) is 11.5 Å². The third kappa shape index (κ3) is 4.02. The maximum atomic E-state index is 10.0. The maximum absolute atomic E-state index is 10.0. The summed E-state index contributed by atoms with van der Waals surface area (Å²) in [6.45, 7) is 6.22. The smallest absolute Gasteiger partial charge is 0.119 e. The molecule has 0 heterocycles. The van der Waals surface area contributed by atoms with Crippen LogP contribution in [0.1, 0.15) is 45.6 Å². The quantitative estimate of drug-likeness (QED) is 0.863. The van der Waals surface area contributed by atoms with E-state index < -0.39 is 0 Å². The first-order valence-electron chi connectivity index (χ1n) is 6.89. The lowest BCUT2D eigenvalue weighted by atomic mass is 9.86. The van der Waals surface area contributed by atoms with Crippen LogP contribution in [-0.2, 0) is 6.42 Å². The molecule has 1 saturated carbocycles. The van der Waals surface area contributed by atoms with Crippen LogP contribution < -0.4 is 4.74 Å². The van der Waals surface area contributed by atoms with E-state index in [9.17, 15) is 5.11 Å². The molecule has 0 spiro atoms. The monoisotopic (exact) mass is 248 g/mol. The molecule has 2 rings (SSSR count). The predicted molar refractivity (Wildman–Crippen MR) is 73.9 cm³/mol. The molecule has 1 aliphatic rings. The van der Waals surface area contributed by atoms with E-state index in [0.717, 1.165) is 18.6 Å². The van der Waals surface area contributed by atoms with Crippen LogP contribution in [0.4, 0.5) is 0 Å². The van der Waals surface area contributed by atoms with Crippen LogP contribution in [0.25, 0.3) is 0 Å². The fourth-order valence-corrected chi connectivity index (χ4v) is 1.89. The maximum Gasteiger partial charge on any atom is 0.119 e. The van der Waals surface area contributed by atoms with Crippen LogP contribution in [0, 0.1) is 5.41 Å². The Morgan fingerprint density at radius 3 is 2.67 bits per heavy atom. The van der Waals surface area contributed by atoms with E-state index in [4.69, 9.17) is 4.74 Å². The Morgan fingerprint density at radius 1 is 1.33 bits per heavy atom. The fraction of sp³-hybridized carbons (Fsp3) is 0.625. The van der Waals surface area contributed by atoms with Gasteiger partial charge in [0.15, 0.2) is 0 Å². The lowest BCUT2D eigenvalue weighted by Crippen LogP contribution is -2.26. The largest absolute Gasteiger partial charge is 0.490 e.